The van der Waals surface area contributed by atoms with Crippen LogP contribution in [-0.2, 0) is 6.42 Å². The van der Waals surface area contributed by atoms with Gasteiger partial charge in [0.2, 0.25) is 5.95 Å². The number of anilines is 3. The molecule has 0 atom stereocenters. The third-order valence-corrected chi connectivity index (χ3v) is 4.41. The van der Waals surface area contributed by atoms with Crippen LogP contribution < -0.4 is 16.4 Å². The van der Waals surface area contributed by atoms with Crippen molar-refractivity contribution < 1.29 is 4.79 Å². The zero-order chi connectivity index (χ0) is 21.5. The van der Waals surface area contributed by atoms with Crippen molar-refractivity contribution in [1.29, 1.82) is 0 Å². The number of carbonyl (C=O) groups excluding carboxylic acids is 1. The first-order valence-electron chi connectivity index (χ1n) is 9.64. The van der Waals surface area contributed by atoms with E-state index in [-0.39, 0.29) is 11.4 Å². The van der Waals surface area contributed by atoms with Crippen LogP contribution in [0.15, 0.2) is 73.3 Å². The van der Waals surface area contributed by atoms with Gasteiger partial charge < -0.3 is 16.4 Å². The van der Waals surface area contributed by atoms with Gasteiger partial charge >= 0.3 is 0 Å². The van der Waals surface area contributed by atoms with Crippen LogP contribution in [0.4, 0.5) is 17.6 Å². The molecule has 0 spiro atoms. The van der Waals surface area contributed by atoms with E-state index in [4.69, 9.17) is 5.73 Å². The molecule has 0 unspecified atom stereocenters. The minimum atomic E-state index is -0.633. The van der Waals surface area contributed by atoms with Crippen molar-refractivity contribution in [3.8, 4) is 11.4 Å². The first-order valence-corrected chi connectivity index (χ1v) is 9.64. The van der Waals surface area contributed by atoms with Crippen molar-refractivity contribution in [2.75, 3.05) is 17.2 Å². The highest BCUT2D eigenvalue weighted by Crippen LogP contribution is 2.22. The van der Waals surface area contributed by atoms with Gasteiger partial charge in [0.15, 0.2) is 5.82 Å². The lowest BCUT2D eigenvalue weighted by Gasteiger charge is -2.11. The first-order chi connectivity index (χ1) is 15.2. The molecule has 0 aliphatic heterocycles. The molecule has 9 heteroatoms. The molecule has 0 fully saturated rings. The summed E-state index contributed by atoms with van der Waals surface area (Å²) in [5, 5.41) is 6.24. The quantitative estimate of drug-likeness (QED) is 0.402. The molecule has 4 N–H and O–H groups in total. The highest BCUT2D eigenvalue weighted by atomic mass is 16.1. The Morgan fingerprint density at radius 2 is 1.81 bits per heavy atom. The molecule has 0 bridgehead atoms. The van der Waals surface area contributed by atoms with Crippen LogP contribution in [-0.4, -0.2) is 37.4 Å². The maximum absolute atomic E-state index is 11.9. The number of amides is 1. The van der Waals surface area contributed by atoms with Gasteiger partial charge in [0, 0.05) is 36.9 Å². The number of nitrogens with one attached hydrogen (secondary N) is 2. The minimum absolute atomic E-state index is 0.171. The van der Waals surface area contributed by atoms with Gasteiger partial charge in [-0.2, -0.15) is 4.98 Å². The lowest BCUT2D eigenvalue weighted by atomic mass is 10.2. The largest absolute Gasteiger partial charge is 0.365 e. The summed E-state index contributed by atoms with van der Waals surface area (Å²) in [4.78, 5) is 33.4. The number of primary amides is 1. The molecule has 9 nitrogen and oxygen atoms in total. The van der Waals surface area contributed by atoms with Crippen molar-refractivity contribution >= 4 is 23.5 Å². The Bertz CT molecular complexity index is 1170. The van der Waals surface area contributed by atoms with Crippen molar-refractivity contribution in [3.05, 3.63) is 84.4 Å². The number of rotatable bonds is 8. The number of aromatic nitrogens is 5. The van der Waals surface area contributed by atoms with Crippen LogP contribution in [0.25, 0.3) is 11.4 Å². The Kier molecular flexibility index (Phi) is 6.03. The van der Waals surface area contributed by atoms with Crippen molar-refractivity contribution in [2.45, 2.75) is 6.42 Å². The van der Waals surface area contributed by atoms with E-state index < -0.39 is 5.91 Å². The van der Waals surface area contributed by atoms with Crippen LogP contribution in [0.3, 0.4) is 0 Å². The van der Waals surface area contributed by atoms with Crippen LogP contribution in [0.2, 0.25) is 0 Å². The summed E-state index contributed by atoms with van der Waals surface area (Å²) in [7, 11) is 0. The number of hydrogen-bond donors (Lipinski definition) is 3. The number of nitrogens with zero attached hydrogens (tertiary/aromatic N) is 5. The molecule has 0 saturated carbocycles. The topological polar surface area (TPSA) is 132 Å². The number of benzene rings is 1. The molecule has 3 heterocycles. The van der Waals surface area contributed by atoms with Gasteiger partial charge in [-0.3, -0.25) is 9.78 Å². The van der Waals surface area contributed by atoms with E-state index in [9.17, 15) is 4.79 Å². The number of pyridine rings is 1. The summed E-state index contributed by atoms with van der Waals surface area (Å²) in [6, 6.07) is 15.1. The maximum Gasteiger partial charge on any atom is 0.254 e. The average molecular weight is 412 g/mol. The van der Waals surface area contributed by atoms with Gasteiger partial charge in [-0.05, 0) is 24.1 Å². The SMILES string of the molecule is NC(=O)c1cnc(-c2ccccc2)nc1Nc1ccnc(NCCc2cccnc2)n1. The lowest BCUT2D eigenvalue weighted by molar-refractivity contribution is 0.100. The van der Waals surface area contributed by atoms with Crippen molar-refractivity contribution in [1.82, 2.24) is 24.9 Å². The van der Waals surface area contributed by atoms with Crippen LogP contribution >= 0.6 is 0 Å². The number of hydrogen-bond acceptors (Lipinski definition) is 8. The Labute approximate surface area is 178 Å². The Morgan fingerprint density at radius 1 is 0.935 bits per heavy atom. The second-order valence-corrected chi connectivity index (χ2v) is 6.61. The fourth-order valence-corrected chi connectivity index (χ4v) is 2.88. The molecular weight excluding hydrogens is 392 g/mol. The molecule has 3 aromatic heterocycles. The molecule has 1 aromatic carbocycles. The van der Waals surface area contributed by atoms with E-state index in [1.165, 1.54) is 6.20 Å². The van der Waals surface area contributed by atoms with Gasteiger partial charge in [0.05, 0.1) is 0 Å². The predicted molar refractivity (Wildman–Crippen MR) is 118 cm³/mol. The Balaban J connectivity index is 1.51. The number of nitrogens with two attached hydrogens (primary N) is 1. The highest BCUT2D eigenvalue weighted by molar-refractivity contribution is 5.98. The minimum Gasteiger partial charge on any atom is -0.365 e. The average Bonchev–Trinajstić information content (AvgIpc) is 2.80. The molecule has 4 rings (SSSR count). The molecule has 0 saturated heterocycles. The fourth-order valence-electron chi connectivity index (χ4n) is 2.88. The van der Waals surface area contributed by atoms with Gasteiger partial charge in [-0.1, -0.05) is 36.4 Å². The molecule has 0 aliphatic carbocycles. The van der Waals surface area contributed by atoms with E-state index in [1.807, 2.05) is 48.7 Å². The zero-order valence-corrected chi connectivity index (χ0v) is 16.6. The third kappa shape index (κ3) is 5.15. The second-order valence-electron chi connectivity index (χ2n) is 6.61. The molecular formula is C22H20N8O. The molecule has 1 amide bonds. The molecule has 31 heavy (non-hydrogen) atoms. The summed E-state index contributed by atoms with van der Waals surface area (Å²) >= 11 is 0. The Hall–Kier alpha value is -4.40. The molecule has 0 radical (unpaired) electrons. The van der Waals surface area contributed by atoms with E-state index >= 15 is 0 Å². The third-order valence-electron chi connectivity index (χ3n) is 4.41. The van der Waals surface area contributed by atoms with E-state index in [0.717, 1.165) is 17.5 Å². The normalized spacial score (nSPS) is 10.5. The zero-order valence-electron chi connectivity index (χ0n) is 16.6. The summed E-state index contributed by atoms with van der Waals surface area (Å²) in [6.45, 7) is 0.646. The summed E-state index contributed by atoms with van der Waals surface area (Å²) < 4.78 is 0. The summed E-state index contributed by atoms with van der Waals surface area (Å²) in [5.74, 6) is 1.04. The van der Waals surface area contributed by atoms with Crippen LogP contribution in [0.1, 0.15) is 15.9 Å². The van der Waals surface area contributed by atoms with Crippen LogP contribution in [0, 0.1) is 0 Å². The van der Waals surface area contributed by atoms with Gasteiger partial charge in [0.25, 0.3) is 5.91 Å². The lowest BCUT2D eigenvalue weighted by Crippen LogP contribution is -2.16. The van der Waals surface area contributed by atoms with Gasteiger partial charge in [0.1, 0.15) is 17.2 Å². The molecule has 154 valence electrons. The summed E-state index contributed by atoms with van der Waals surface area (Å²) in [5.41, 5.74) is 7.61. The van der Waals surface area contributed by atoms with E-state index in [1.54, 1.807) is 18.5 Å². The first kappa shape index (κ1) is 19.9. The highest BCUT2D eigenvalue weighted by Gasteiger charge is 2.14. The van der Waals surface area contributed by atoms with Crippen LogP contribution in [0.5, 0.6) is 0 Å². The van der Waals surface area contributed by atoms with E-state index in [0.29, 0.717) is 24.1 Å². The van der Waals surface area contributed by atoms with E-state index in [2.05, 4.69) is 35.6 Å². The van der Waals surface area contributed by atoms with Gasteiger partial charge in [-0.25, -0.2) is 15.0 Å². The monoisotopic (exact) mass is 412 g/mol. The summed E-state index contributed by atoms with van der Waals surface area (Å²) in [6.07, 6.45) is 7.38. The number of carbonyl (C=O) groups is 1. The smallest absolute Gasteiger partial charge is 0.254 e. The second kappa shape index (κ2) is 9.40. The van der Waals surface area contributed by atoms with Gasteiger partial charge in [-0.15, -0.1) is 0 Å². The standard InChI is InChI=1S/C22H20N8O/c23-19(31)17-14-27-20(16-6-2-1-3-7-16)30-21(17)28-18-9-12-26-22(29-18)25-11-8-15-5-4-10-24-13-15/h1-7,9-10,12-14H,8,11H2,(H2,23,31)(H2,25,26,27,28,29,30). The maximum atomic E-state index is 11.9. The molecule has 4 aromatic rings. The van der Waals surface area contributed by atoms with Crippen molar-refractivity contribution in [3.63, 3.8) is 0 Å². The Morgan fingerprint density at radius 3 is 2.58 bits per heavy atom. The fraction of sp³-hybridized carbons (Fsp3) is 0.0909. The molecule has 0 aliphatic rings. The predicted octanol–water partition coefficient (Wildman–Crippen LogP) is 2.83. The van der Waals surface area contributed by atoms with Crippen molar-refractivity contribution in [2.24, 2.45) is 5.73 Å².